The first kappa shape index (κ1) is 13.8. The lowest BCUT2D eigenvalue weighted by molar-refractivity contribution is -0.108. The lowest BCUT2D eigenvalue weighted by Gasteiger charge is -2.34. The van der Waals surface area contributed by atoms with Gasteiger partial charge in [-0.3, -0.25) is 0 Å². The summed E-state index contributed by atoms with van der Waals surface area (Å²) in [5.74, 6) is 0.460. The third-order valence-corrected chi connectivity index (χ3v) is 4.12. The summed E-state index contributed by atoms with van der Waals surface area (Å²) in [6.45, 7) is 4.67. The van der Waals surface area contributed by atoms with Crippen LogP contribution in [0, 0.1) is 17.2 Å². The van der Waals surface area contributed by atoms with Crippen molar-refractivity contribution in [3.8, 4) is 6.07 Å². The van der Waals surface area contributed by atoms with Crippen LogP contribution in [0.3, 0.4) is 0 Å². The smallest absolute Gasteiger partial charge is 0.132 e. The molecule has 0 aromatic carbocycles. The van der Waals surface area contributed by atoms with E-state index in [1.165, 1.54) is 0 Å². The molecule has 0 aromatic heterocycles. The van der Waals surface area contributed by atoms with Gasteiger partial charge in [0.15, 0.2) is 0 Å². The second-order valence-corrected chi connectivity index (χ2v) is 5.77. The van der Waals surface area contributed by atoms with Crippen molar-refractivity contribution in [2.45, 2.75) is 63.4 Å². The van der Waals surface area contributed by atoms with Crippen molar-refractivity contribution < 1.29 is 9.47 Å². The first-order valence-corrected chi connectivity index (χ1v) is 6.97. The van der Waals surface area contributed by atoms with Crippen LogP contribution in [0.25, 0.3) is 0 Å². The predicted octanol–water partition coefficient (Wildman–Crippen LogP) is 1.85. The van der Waals surface area contributed by atoms with Gasteiger partial charge in [0.25, 0.3) is 0 Å². The van der Waals surface area contributed by atoms with Gasteiger partial charge in [0.05, 0.1) is 31.0 Å². The standard InChI is InChI=1S/C14H24N2O2/c1-10-6-13(7-11(2)18-10)17-9-14(8-15,16-3)12-4-5-12/h10-13,16H,4-7,9H2,1-3H3. The molecule has 2 aliphatic rings. The number of hydrogen-bond donors (Lipinski definition) is 1. The van der Waals surface area contributed by atoms with Gasteiger partial charge in [0.2, 0.25) is 0 Å². The van der Waals surface area contributed by atoms with Crippen molar-refractivity contribution >= 4 is 0 Å². The van der Waals surface area contributed by atoms with Crippen LogP contribution >= 0.6 is 0 Å². The average Bonchev–Trinajstić information content (AvgIpc) is 3.14. The summed E-state index contributed by atoms with van der Waals surface area (Å²) in [6.07, 6.45) is 4.87. The molecule has 1 aliphatic heterocycles. The van der Waals surface area contributed by atoms with Crippen LogP contribution in [0.1, 0.15) is 39.5 Å². The Labute approximate surface area is 110 Å². The molecule has 0 bridgehead atoms. The van der Waals surface area contributed by atoms with E-state index < -0.39 is 5.54 Å². The third kappa shape index (κ3) is 3.03. The summed E-state index contributed by atoms with van der Waals surface area (Å²) in [4.78, 5) is 0. The molecule has 1 saturated carbocycles. The summed E-state index contributed by atoms with van der Waals surface area (Å²) in [7, 11) is 1.86. The number of rotatable bonds is 5. The lowest BCUT2D eigenvalue weighted by atomic mass is 9.96. The highest BCUT2D eigenvalue weighted by Crippen LogP contribution is 2.40. The van der Waals surface area contributed by atoms with Crippen LogP contribution in [0.5, 0.6) is 0 Å². The largest absolute Gasteiger partial charge is 0.375 e. The number of likely N-dealkylation sites (N-methyl/N-ethyl adjacent to an activating group) is 1. The molecule has 4 heteroatoms. The molecule has 18 heavy (non-hydrogen) atoms. The maximum absolute atomic E-state index is 9.40. The van der Waals surface area contributed by atoms with E-state index in [1.807, 2.05) is 7.05 Å². The molecule has 1 heterocycles. The topological polar surface area (TPSA) is 54.3 Å². The van der Waals surface area contributed by atoms with E-state index >= 15 is 0 Å². The number of nitriles is 1. The molecule has 2 rings (SSSR count). The Morgan fingerprint density at radius 1 is 1.33 bits per heavy atom. The average molecular weight is 252 g/mol. The number of ether oxygens (including phenoxy) is 2. The van der Waals surface area contributed by atoms with Gasteiger partial charge >= 0.3 is 0 Å². The van der Waals surface area contributed by atoms with Crippen LogP contribution in [-0.2, 0) is 9.47 Å². The fraction of sp³-hybridized carbons (Fsp3) is 0.929. The Bertz CT molecular complexity index is 314. The van der Waals surface area contributed by atoms with Gasteiger partial charge in [-0.15, -0.1) is 0 Å². The fourth-order valence-corrected chi connectivity index (χ4v) is 2.88. The first-order chi connectivity index (χ1) is 8.59. The molecule has 2 fully saturated rings. The number of hydrogen-bond acceptors (Lipinski definition) is 4. The second-order valence-electron chi connectivity index (χ2n) is 5.77. The van der Waals surface area contributed by atoms with Gasteiger partial charge in [-0.05, 0) is 52.5 Å². The molecule has 0 amide bonds. The van der Waals surface area contributed by atoms with Crippen molar-refractivity contribution in [1.29, 1.82) is 5.26 Å². The highest BCUT2D eigenvalue weighted by Gasteiger charge is 2.45. The Morgan fingerprint density at radius 2 is 1.94 bits per heavy atom. The zero-order chi connectivity index (χ0) is 13.2. The van der Waals surface area contributed by atoms with Crippen molar-refractivity contribution in [2.75, 3.05) is 13.7 Å². The summed E-state index contributed by atoms with van der Waals surface area (Å²) < 4.78 is 11.7. The molecule has 102 valence electrons. The minimum absolute atomic E-state index is 0.226. The third-order valence-electron chi connectivity index (χ3n) is 4.12. The van der Waals surface area contributed by atoms with Crippen molar-refractivity contribution in [1.82, 2.24) is 5.32 Å². The lowest BCUT2D eigenvalue weighted by Crippen LogP contribution is -2.49. The molecular formula is C14H24N2O2. The van der Waals surface area contributed by atoms with E-state index in [2.05, 4.69) is 25.2 Å². The molecule has 0 radical (unpaired) electrons. The highest BCUT2D eigenvalue weighted by atomic mass is 16.5. The molecule has 0 spiro atoms. The van der Waals surface area contributed by atoms with E-state index in [9.17, 15) is 5.26 Å². The minimum Gasteiger partial charge on any atom is -0.375 e. The Balaban J connectivity index is 1.88. The molecule has 1 saturated heterocycles. The van der Waals surface area contributed by atoms with Gasteiger partial charge in [-0.2, -0.15) is 5.26 Å². The van der Waals surface area contributed by atoms with Gasteiger partial charge in [-0.1, -0.05) is 0 Å². The van der Waals surface area contributed by atoms with Crippen LogP contribution in [0.4, 0.5) is 0 Å². The van der Waals surface area contributed by atoms with E-state index in [1.54, 1.807) is 0 Å². The van der Waals surface area contributed by atoms with Crippen molar-refractivity contribution in [2.24, 2.45) is 5.92 Å². The highest BCUT2D eigenvalue weighted by molar-refractivity contribution is 5.15. The van der Waals surface area contributed by atoms with Crippen LogP contribution in [0.15, 0.2) is 0 Å². The normalized spacial score (nSPS) is 35.8. The second kappa shape index (κ2) is 5.56. The van der Waals surface area contributed by atoms with Crippen LogP contribution in [0.2, 0.25) is 0 Å². The predicted molar refractivity (Wildman–Crippen MR) is 69.1 cm³/mol. The van der Waals surface area contributed by atoms with Gasteiger partial charge < -0.3 is 14.8 Å². The van der Waals surface area contributed by atoms with Gasteiger partial charge in [0, 0.05) is 0 Å². The molecule has 1 aliphatic carbocycles. The molecule has 3 atom stereocenters. The summed E-state index contributed by atoms with van der Waals surface area (Å²) in [5, 5.41) is 12.6. The molecule has 4 nitrogen and oxygen atoms in total. The maximum Gasteiger partial charge on any atom is 0.132 e. The molecule has 1 N–H and O–H groups in total. The Kier molecular flexibility index (Phi) is 4.26. The monoisotopic (exact) mass is 252 g/mol. The SMILES string of the molecule is CNC(C#N)(COC1CC(C)OC(C)C1)C1CC1. The Morgan fingerprint density at radius 3 is 2.39 bits per heavy atom. The number of nitrogens with one attached hydrogen (secondary N) is 1. The van der Waals surface area contributed by atoms with E-state index in [0.717, 1.165) is 25.7 Å². The Hall–Kier alpha value is -0.630. The fourth-order valence-electron chi connectivity index (χ4n) is 2.88. The van der Waals surface area contributed by atoms with Crippen LogP contribution < -0.4 is 5.32 Å². The van der Waals surface area contributed by atoms with Gasteiger partial charge in [-0.25, -0.2) is 0 Å². The first-order valence-electron chi connectivity index (χ1n) is 6.97. The zero-order valence-electron chi connectivity index (χ0n) is 11.6. The number of nitrogens with zero attached hydrogens (tertiary/aromatic N) is 1. The quantitative estimate of drug-likeness (QED) is 0.811. The van der Waals surface area contributed by atoms with E-state index in [-0.39, 0.29) is 18.3 Å². The van der Waals surface area contributed by atoms with Crippen LogP contribution in [-0.4, -0.2) is 37.5 Å². The summed E-state index contributed by atoms with van der Waals surface area (Å²) in [5.41, 5.74) is -0.481. The summed E-state index contributed by atoms with van der Waals surface area (Å²) in [6, 6.07) is 2.42. The van der Waals surface area contributed by atoms with Gasteiger partial charge in [0.1, 0.15) is 5.54 Å². The zero-order valence-corrected chi connectivity index (χ0v) is 11.6. The molecule has 3 unspecified atom stereocenters. The molecular weight excluding hydrogens is 228 g/mol. The minimum atomic E-state index is -0.481. The van der Waals surface area contributed by atoms with Crippen molar-refractivity contribution in [3.63, 3.8) is 0 Å². The molecule has 0 aromatic rings. The van der Waals surface area contributed by atoms with Crippen molar-refractivity contribution in [3.05, 3.63) is 0 Å². The van der Waals surface area contributed by atoms with E-state index in [0.29, 0.717) is 12.5 Å². The maximum atomic E-state index is 9.40. The van der Waals surface area contributed by atoms with E-state index in [4.69, 9.17) is 9.47 Å². The summed E-state index contributed by atoms with van der Waals surface area (Å²) >= 11 is 0.